The van der Waals surface area contributed by atoms with Crippen molar-refractivity contribution < 1.29 is 14.0 Å². The van der Waals surface area contributed by atoms with Gasteiger partial charge in [0.05, 0.1) is 5.56 Å². The number of anilines is 1. The summed E-state index contributed by atoms with van der Waals surface area (Å²) in [5.41, 5.74) is 6.23. The number of nitrogens with two attached hydrogens (primary N) is 1. The van der Waals surface area contributed by atoms with Crippen LogP contribution in [0.1, 0.15) is 23.7 Å². The Balaban J connectivity index is 0.00000208. The van der Waals surface area contributed by atoms with Gasteiger partial charge in [0, 0.05) is 31.4 Å². The van der Waals surface area contributed by atoms with Gasteiger partial charge in [-0.2, -0.15) is 0 Å². The van der Waals surface area contributed by atoms with Crippen molar-refractivity contribution in [3.8, 4) is 0 Å². The maximum atomic E-state index is 14.2. The van der Waals surface area contributed by atoms with Crippen molar-refractivity contribution in [3.63, 3.8) is 0 Å². The summed E-state index contributed by atoms with van der Waals surface area (Å²) in [4.78, 5) is 27.6. The molecule has 6 nitrogen and oxygen atoms in total. The number of carbonyl (C=O) groups is 2. The normalized spacial score (nSPS) is 23.2. The molecule has 2 saturated heterocycles. The molecular weight excluding hydrogens is 335 g/mol. The molecule has 3 rings (SSSR count). The summed E-state index contributed by atoms with van der Waals surface area (Å²) in [6, 6.07) is 4.04. The lowest BCUT2D eigenvalue weighted by atomic mass is 10.1. The summed E-state index contributed by atoms with van der Waals surface area (Å²) >= 11 is 0. The topological polar surface area (TPSA) is 78.7 Å². The first-order chi connectivity index (χ1) is 11.0. The largest absolute Gasteiger partial charge is 0.336 e. The van der Waals surface area contributed by atoms with Gasteiger partial charge in [-0.25, -0.2) is 9.18 Å². The van der Waals surface area contributed by atoms with Gasteiger partial charge in [-0.15, -0.1) is 12.4 Å². The fourth-order valence-corrected chi connectivity index (χ4v) is 3.31. The molecular formula is C16H22ClFN4O2. The average molecular weight is 357 g/mol. The minimum Gasteiger partial charge on any atom is -0.336 e. The van der Waals surface area contributed by atoms with Gasteiger partial charge in [0.15, 0.2) is 0 Å². The van der Waals surface area contributed by atoms with Crippen LogP contribution in [0.4, 0.5) is 14.9 Å². The van der Waals surface area contributed by atoms with Gasteiger partial charge in [-0.1, -0.05) is 0 Å². The van der Waals surface area contributed by atoms with E-state index in [9.17, 15) is 14.0 Å². The summed E-state index contributed by atoms with van der Waals surface area (Å²) in [5, 5.41) is 2.69. The van der Waals surface area contributed by atoms with Crippen molar-refractivity contribution >= 4 is 30.0 Å². The van der Waals surface area contributed by atoms with Gasteiger partial charge >= 0.3 is 6.03 Å². The van der Waals surface area contributed by atoms with E-state index in [4.69, 9.17) is 5.73 Å². The molecule has 0 bridgehead atoms. The lowest BCUT2D eigenvalue weighted by molar-refractivity contribution is 0.0738. The van der Waals surface area contributed by atoms with Crippen molar-refractivity contribution in [1.29, 1.82) is 0 Å². The van der Waals surface area contributed by atoms with Crippen LogP contribution < -0.4 is 16.0 Å². The Bertz CT molecular complexity index is 643. The van der Waals surface area contributed by atoms with Crippen LogP contribution >= 0.6 is 12.4 Å². The third kappa shape index (κ3) is 3.32. The Morgan fingerprint density at radius 1 is 1.46 bits per heavy atom. The molecule has 0 aliphatic carbocycles. The highest BCUT2D eigenvalue weighted by atomic mass is 35.5. The highest BCUT2D eigenvalue weighted by Crippen LogP contribution is 2.27. The number of benzene rings is 1. The van der Waals surface area contributed by atoms with E-state index in [1.54, 1.807) is 4.90 Å². The number of amides is 3. The summed E-state index contributed by atoms with van der Waals surface area (Å²) in [6.07, 6.45) is 0.831. The minimum absolute atomic E-state index is 0. The van der Waals surface area contributed by atoms with Gasteiger partial charge in [0.25, 0.3) is 5.91 Å². The van der Waals surface area contributed by atoms with E-state index in [1.807, 2.05) is 6.92 Å². The number of hydrogen-bond acceptors (Lipinski definition) is 3. The van der Waals surface area contributed by atoms with E-state index in [1.165, 1.54) is 23.1 Å². The number of likely N-dealkylation sites (tertiary alicyclic amines) is 1. The van der Waals surface area contributed by atoms with Crippen LogP contribution in [0.3, 0.4) is 0 Å². The predicted octanol–water partition coefficient (Wildman–Crippen LogP) is 1.59. The number of nitrogens with zero attached hydrogens (tertiary/aromatic N) is 2. The van der Waals surface area contributed by atoms with Crippen molar-refractivity contribution in [3.05, 3.63) is 29.6 Å². The molecule has 2 fully saturated rings. The highest BCUT2D eigenvalue weighted by Gasteiger charge is 2.33. The fourth-order valence-electron chi connectivity index (χ4n) is 3.31. The molecule has 2 aliphatic rings. The van der Waals surface area contributed by atoms with Gasteiger partial charge in [-0.05, 0) is 44.0 Å². The zero-order valence-electron chi connectivity index (χ0n) is 13.5. The molecule has 2 unspecified atom stereocenters. The third-order valence-electron chi connectivity index (χ3n) is 4.60. The van der Waals surface area contributed by atoms with Gasteiger partial charge in [0.2, 0.25) is 0 Å². The minimum atomic E-state index is -0.568. The molecule has 2 aliphatic heterocycles. The lowest BCUT2D eigenvalue weighted by Crippen LogP contribution is -2.35. The fraction of sp³-hybridized carbons (Fsp3) is 0.500. The predicted molar refractivity (Wildman–Crippen MR) is 92.1 cm³/mol. The first kappa shape index (κ1) is 18.5. The highest BCUT2D eigenvalue weighted by molar-refractivity contribution is 5.98. The summed E-state index contributed by atoms with van der Waals surface area (Å²) in [6.45, 7) is 4.06. The van der Waals surface area contributed by atoms with Crippen LogP contribution in [0, 0.1) is 11.7 Å². The number of nitrogens with one attached hydrogen (secondary N) is 1. The van der Waals surface area contributed by atoms with E-state index in [-0.39, 0.29) is 41.9 Å². The van der Waals surface area contributed by atoms with Gasteiger partial charge in [-0.3, -0.25) is 9.69 Å². The third-order valence-corrected chi connectivity index (χ3v) is 4.60. The van der Waals surface area contributed by atoms with E-state index < -0.39 is 5.82 Å². The second-order valence-corrected chi connectivity index (χ2v) is 6.19. The van der Waals surface area contributed by atoms with Gasteiger partial charge < -0.3 is 16.0 Å². The maximum absolute atomic E-state index is 14.2. The molecule has 0 spiro atoms. The van der Waals surface area contributed by atoms with Crippen molar-refractivity contribution in [2.45, 2.75) is 19.4 Å². The molecule has 24 heavy (non-hydrogen) atoms. The van der Waals surface area contributed by atoms with E-state index in [0.29, 0.717) is 31.9 Å². The average Bonchev–Trinajstić information content (AvgIpc) is 3.13. The van der Waals surface area contributed by atoms with Crippen molar-refractivity contribution in [2.75, 3.05) is 31.1 Å². The van der Waals surface area contributed by atoms with E-state index >= 15 is 0 Å². The monoisotopic (exact) mass is 356 g/mol. The molecule has 3 N–H and O–H groups in total. The second-order valence-electron chi connectivity index (χ2n) is 6.19. The maximum Gasteiger partial charge on any atom is 0.321 e. The quantitative estimate of drug-likeness (QED) is 0.863. The zero-order valence-corrected chi connectivity index (χ0v) is 14.3. The summed E-state index contributed by atoms with van der Waals surface area (Å²) < 4.78 is 14.2. The zero-order chi connectivity index (χ0) is 16.6. The Kier molecular flexibility index (Phi) is 5.66. The number of urea groups is 1. The molecule has 8 heteroatoms. The molecule has 0 saturated carbocycles. The van der Waals surface area contributed by atoms with Crippen LogP contribution in [0.25, 0.3) is 0 Å². The number of carbonyl (C=O) groups excluding carboxylic acids is 2. The SMILES string of the molecule is CC1CC(CN)CN1C(=O)c1cc(N2CCNC2=O)ccc1F.Cl. The lowest BCUT2D eigenvalue weighted by Gasteiger charge is -2.23. The molecule has 3 amide bonds. The molecule has 0 radical (unpaired) electrons. The van der Waals surface area contributed by atoms with Crippen LogP contribution in [-0.4, -0.2) is 49.1 Å². The second kappa shape index (κ2) is 7.36. The molecule has 1 aromatic rings. The molecule has 2 heterocycles. The van der Waals surface area contributed by atoms with Crippen molar-refractivity contribution in [2.24, 2.45) is 11.7 Å². The number of halogens is 2. The van der Waals surface area contributed by atoms with Crippen LogP contribution in [0.15, 0.2) is 18.2 Å². The van der Waals surface area contributed by atoms with Gasteiger partial charge in [0.1, 0.15) is 5.82 Å². The summed E-state index contributed by atoms with van der Waals surface area (Å²) in [7, 11) is 0. The molecule has 2 atom stereocenters. The Morgan fingerprint density at radius 3 is 2.79 bits per heavy atom. The smallest absolute Gasteiger partial charge is 0.321 e. The molecule has 132 valence electrons. The Hall–Kier alpha value is -1.86. The number of hydrogen-bond donors (Lipinski definition) is 2. The van der Waals surface area contributed by atoms with Crippen LogP contribution in [0.5, 0.6) is 0 Å². The van der Waals surface area contributed by atoms with E-state index in [0.717, 1.165) is 6.42 Å². The first-order valence-corrected chi connectivity index (χ1v) is 7.87. The van der Waals surface area contributed by atoms with Crippen LogP contribution in [-0.2, 0) is 0 Å². The number of rotatable bonds is 3. The van der Waals surface area contributed by atoms with Crippen molar-refractivity contribution in [1.82, 2.24) is 10.2 Å². The summed E-state index contributed by atoms with van der Waals surface area (Å²) in [5.74, 6) is -0.654. The van der Waals surface area contributed by atoms with Crippen LogP contribution in [0.2, 0.25) is 0 Å². The Labute approximate surface area is 146 Å². The van der Waals surface area contributed by atoms with E-state index in [2.05, 4.69) is 5.32 Å². The molecule has 0 aromatic heterocycles. The standard InChI is InChI=1S/C16H21FN4O2.ClH/c1-10-6-11(8-18)9-21(10)15(22)13-7-12(2-3-14(13)17)20-5-4-19-16(20)23;/h2-3,7,10-11H,4-6,8-9,18H2,1H3,(H,19,23);1H. The first-order valence-electron chi connectivity index (χ1n) is 7.87. The Morgan fingerprint density at radius 2 is 2.21 bits per heavy atom. The molecule has 1 aromatic carbocycles.